The predicted molar refractivity (Wildman–Crippen MR) is 111 cm³/mol. The topological polar surface area (TPSA) is 66.5 Å². The van der Waals surface area contributed by atoms with Gasteiger partial charge in [-0.2, -0.15) is 0 Å². The molecule has 2 amide bonds. The SMILES string of the molecule is CC(=O)c1ccc(N2CC(C(=O)Nc3c(C)cccc3C(C)C)CC2=O)cc1. The highest BCUT2D eigenvalue weighted by molar-refractivity contribution is 6.04. The molecule has 0 bridgehead atoms. The van der Waals surface area contributed by atoms with Crippen LogP contribution in [0.4, 0.5) is 11.4 Å². The van der Waals surface area contributed by atoms with Crippen LogP contribution in [0.25, 0.3) is 0 Å². The highest BCUT2D eigenvalue weighted by Crippen LogP contribution is 2.30. The number of hydrogen-bond acceptors (Lipinski definition) is 3. The average molecular weight is 378 g/mol. The molecule has 1 N–H and O–H groups in total. The number of benzene rings is 2. The van der Waals surface area contributed by atoms with Crippen LogP contribution in [0.1, 0.15) is 54.6 Å². The molecule has 1 aliphatic rings. The van der Waals surface area contributed by atoms with Crippen molar-refractivity contribution < 1.29 is 14.4 Å². The first-order valence-corrected chi connectivity index (χ1v) is 9.59. The maximum absolute atomic E-state index is 12.9. The van der Waals surface area contributed by atoms with E-state index in [0.717, 1.165) is 16.8 Å². The van der Waals surface area contributed by atoms with E-state index in [1.54, 1.807) is 29.2 Å². The number of anilines is 2. The van der Waals surface area contributed by atoms with Gasteiger partial charge in [0, 0.05) is 29.9 Å². The highest BCUT2D eigenvalue weighted by Gasteiger charge is 2.35. The standard InChI is InChI=1S/C23H26N2O3/c1-14(2)20-7-5-6-15(3)22(20)24-23(28)18-12-21(27)25(13-18)19-10-8-17(9-11-19)16(4)26/h5-11,14,18H,12-13H2,1-4H3,(H,24,28). The number of para-hydroxylation sites is 1. The van der Waals surface area contributed by atoms with E-state index in [1.165, 1.54) is 6.92 Å². The van der Waals surface area contributed by atoms with Crippen LogP contribution in [0.5, 0.6) is 0 Å². The van der Waals surface area contributed by atoms with Crippen molar-refractivity contribution in [2.24, 2.45) is 5.92 Å². The second-order valence-corrected chi connectivity index (χ2v) is 7.69. The monoisotopic (exact) mass is 378 g/mol. The van der Waals surface area contributed by atoms with Crippen molar-refractivity contribution in [2.75, 3.05) is 16.8 Å². The molecule has 1 heterocycles. The zero-order valence-corrected chi connectivity index (χ0v) is 16.8. The van der Waals surface area contributed by atoms with Gasteiger partial charge in [-0.25, -0.2) is 0 Å². The van der Waals surface area contributed by atoms with E-state index in [4.69, 9.17) is 0 Å². The first-order chi connectivity index (χ1) is 13.3. The van der Waals surface area contributed by atoms with Crippen molar-refractivity contribution in [1.29, 1.82) is 0 Å². The van der Waals surface area contributed by atoms with E-state index in [0.29, 0.717) is 17.8 Å². The Balaban J connectivity index is 1.75. The minimum absolute atomic E-state index is 0.0178. The number of nitrogens with one attached hydrogen (secondary N) is 1. The van der Waals surface area contributed by atoms with Crippen molar-refractivity contribution in [1.82, 2.24) is 0 Å². The zero-order valence-electron chi connectivity index (χ0n) is 16.8. The Morgan fingerprint density at radius 2 is 1.79 bits per heavy atom. The van der Waals surface area contributed by atoms with Crippen molar-refractivity contribution in [3.63, 3.8) is 0 Å². The molecule has 1 saturated heterocycles. The summed E-state index contributed by atoms with van der Waals surface area (Å²) in [6, 6.07) is 12.9. The number of Topliss-reactive ketones (excluding diaryl/α,β-unsaturated/α-hetero) is 1. The van der Waals surface area contributed by atoms with Gasteiger partial charge < -0.3 is 10.2 Å². The summed E-state index contributed by atoms with van der Waals surface area (Å²) in [5.41, 5.74) is 4.27. The Bertz CT molecular complexity index is 916. The van der Waals surface area contributed by atoms with E-state index in [1.807, 2.05) is 25.1 Å². The normalized spacial score (nSPS) is 16.5. The second kappa shape index (κ2) is 7.97. The van der Waals surface area contributed by atoms with E-state index in [9.17, 15) is 14.4 Å². The molecule has 2 aromatic carbocycles. The third kappa shape index (κ3) is 3.98. The lowest BCUT2D eigenvalue weighted by Crippen LogP contribution is -2.28. The van der Waals surface area contributed by atoms with Crippen molar-refractivity contribution in [2.45, 2.75) is 40.0 Å². The Hall–Kier alpha value is -2.95. The molecule has 1 aliphatic heterocycles. The molecule has 28 heavy (non-hydrogen) atoms. The number of nitrogens with zero attached hydrogens (tertiary/aromatic N) is 1. The molecule has 1 fully saturated rings. The lowest BCUT2D eigenvalue weighted by molar-refractivity contribution is -0.122. The molecule has 146 valence electrons. The minimum Gasteiger partial charge on any atom is -0.325 e. The molecular formula is C23H26N2O3. The summed E-state index contributed by atoms with van der Waals surface area (Å²) in [4.78, 5) is 38.4. The summed E-state index contributed by atoms with van der Waals surface area (Å²) in [5.74, 6) is -0.343. The molecule has 0 aromatic heterocycles. The van der Waals surface area contributed by atoms with Crippen molar-refractivity contribution >= 4 is 29.0 Å². The number of rotatable bonds is 5. The Morgan fingerprint density at radius 1 is 1.11 bits per heavy atom. The molecule has 0 radical (unpaired) electrons. The van der Waals surface area contributed by atoms with Crippen LogP contribution >= 0.6 is 0 Å². The van der Waals surface area contributed by atoms with Gasteiger partial charge in [-0.05, 0) is 55.2 Å². The third-order valence-electron chi connectivity index (χ3n) is 5.26. The van der Waals surface area contributed by atoms with Crippen LogP contribution in [0, 0.1) is 12.8 Å². The van der Waals surface area contributed by atoms with Gasteiger partial charge in [0.1, 0.15) is 0 Å². The fraction of sp³-hybridized carbons (Fsp3) is 0.348. The quantitative estimate of drug-likeness (QED) is 0.788. The van der Waals surface area contributed by atoms with Gasteiger partial charge in [0.05, 0.1) is 5.92 Å². The van der Waals surface area contributed by atoms with Gasteiger partial charge in [-0.15, -0.1) is 0 Å². The van der Waals surface area contributed by atoms with Gasteiger partial charge in [-0.1, -0.05) is 32.0 Å². The lowest BCUT2D eigenvalue weighted by atomic mass is 9.97. The van der Waals surface area contributed by atoms with Crippen LogP contribution in [0.3, 0.4) is 0 Å². The first kappa shape index (κ1) is 19.8. The number of carbonyl (C=O) groups excluding carboxylic acids is 3. The molecular weight excluding hydrogens is 352 g/mol. The van der Waals surface area contributed by atoms with Crippen LogP contribution in [-0.2, 0) is 9.59 Å². The van der Waals surface area contributed by atoms with Crippen LogP contribution < -0.4 is 10.2 Å². The molecule has 0 spiro atoms. The fourth-order valence-corrected chi connectivity index (χ4v) is 3.58. The molecule has 0 saturated carbocycles. The largest absolute Gasteiger partial charge is 0.325 e. The number of hydrogen-bond donors (Lipinski definition) is 1. The van der Waals surface area contributed by atoms with Crippen molar-refractivity contribution in [3.8, 4) is 0 Å². The summed E-state index contributed by atoms with van der Waals surface area (Å²) in [7, 11) is 0. The lowest BCUT2D eigenvalue weighted by Gasteiger charge is -2.19. The summed E-state index contributed by atoms with van der Waals surface area (Å²) in [5, 5.41) is 3.06. The van der Waals surface area contributed by atoms with E-state index in [-0.39, 0.29) is 29.9 Å². The van der Waals surface area contributed by atoms with Gasteiger partial charge in [0.25, 0.3) is 0 Å². The third-order valence-corrected chi connectivity index (χ3v) is 5.26. The molecule has 3 rings (SSSR count). The number of aryl methyl sites for hydroxylation is 1. The number of ketones is 1. The summed E-state index contributed by atoms with van der Waals surface area (Å²) in [6.45, 7) is 8.01. The molecule has 5 heteroatoms. The molecule has 2 aromatic rings. The van der Waals surface area contributed by atoms with Gasteiger partial charge in [0.15, 0.2) is 5.78 Å². The molecule has 0 aliphatic carbocycles. The van der Waals surface area contributed by atoms with Crippen LogP contribution in [0.2, 0.25) is 0 Å². The van der Waals surface area contributed by atoms with Gasteiger partial charge in [-0.3, -0.25) is 14.4 Å². The highest BCUT2D eigenvalue weighted by atomic mass is 16.2. The number of carbonyl (C=O) groups is 3. The van der Waals surface area contributed by atoms with Gasteiger partial charge in [0.2, 0.25) is 11.8 Å². The first-order valence-electron chi connectivity index (χ1n) is 9.59. The van der Waals surface area contributed by atoms with E-state index >= 15 is 0 Å². The molecule has 1 atom stereocenters. The molecule has 5 nitrogen and oxygen atoms in total. The Kier molecular flexibility index (Phi) is 5.63. The maximum Gasteiger partial charge on any atom is 0.229 e. The summed E-state index contributed by atoms with van der Waals surface area (Å²) < 4.78 is 0. The Labute approximate surface area is 165 Å². The van der Waals surface area contributed by atoms with Crippen LogP contribution in [-0.4, -0.2) is 24.1 Å². The smallest absolute Gasteiger partial charge is 0.229 e. The zero-order chi connectivity index (χ0) is 20.4. The summed E-state index contributed by atoms with van der Waals surface area (Å²) in [6.07, 6.45) is 0.184. The maximum atomic E-state index is 12.9. The fourth-order valence-electron chi connectivity index (χ4n) is 3.58. The second-order valence-electron chi connectivity index (χ2n) is 7.69. The van der Waals surface area contributed by atoms with E-state index in [2.05, 4.69) is 19.2 Å². The number of amides is 2. The van der Waals surface area contributed by atoms with Crippen LogP contribution in [0.15, 0.2) is 42.5 Å². The van der Waals surface area contributed by atoms with E-state index < -0.39 is 5.92 Å². The average Bonchev–Trinajstić information content (AvgIpc) is 3.05. The van der Waals surface area contributed by atoms with Gasteiger partial charge >= 0.3 is 0 Å². The molecule has 1 unspecified atom stereocenters. The van der Waals surface area contributed by atoms with Crippen molar-refractivity contribution in [3.05, 3.63) is 59.2 Å². The predicted octanol–water partition coefficient (Wildman–Crippen LogP) is 4.31. The summed E-state index contributed by atoms with van der Waals surface area (Å²) >= 11 is 0. The Morgan fingerprint density at radius 3 is 2.39 bits per heavy atom. The minimum atomic E-state index is -0.403.